The summed E-state index contributed by atoms with van der Waals surface area (Å²) in [5.41, 5.74) is 8.61. The van der Waals surface area contributed by atoms with E-state index in [1.165, 1.54) is 37.7 Å². The first-order chi connectivity index (χ1) is 10.2. The standard InChI is InChI=1S/C18H25NO2/c1-12-8-9-15-14(10-12)11-16(21-15)17(19)18(20-2)13-6-4-3-5-7-13/h8-11,13,17-18H,3-7,19H2,1-2H3. The lowest BCUT2D eigenvalue weighted by Gasteiger charge is -2.32. The first kappa shape index (κ1) is 14.6. The monoisotopic (exact) mass is 287 g/mol. The van der Waals surface area contributed by atoms with Gasteiger partial charge in [0.15, 0.2) is 0 Å². The van der Waals surface area contributed by atoms with E-state index in [0.29, 0.717) is 5.92 Å². The molecule has 1 saturated carbocycles. The maximum Gasteiger partial charge on any atom is 0.134 e. The Labute approximate surface area is 126 Å². The van der Waals surface area contributed by atoms with Crippen molar-refractivity contribution in [1.29, 1.82) is 0 Å². The molecule has 0 radical (unpaired) electrons. The maximum absolute atomic E-state index is 6.46. The molecule has 0 spiro atoms. The summed E-state index contributed by atoms with van der Waals surface area (Å²) in [6.45, 7) is 2.09. The molecule has 0 bridgehead atoms. The van der Waals surface area contributed by atoms with Gasteiger partial charge in [0.25, 0.3) is 0 Å². The Bertz CT molecular complexity index is 598. The highest BCUT2D eigenvalue weighted by Crippen LogP contribution is 2.34. The van der Waals surface area contributed by atoms with E-state index in [-0.39, 0.29) is 12.1 Å². The highest BCUT2D eigenvalue weighted by Gasteiger charge is 2.31. The second kappa shape index (κ2) is 6.20. The fourth-order valence-electron chi connectivity index (χ4n) is 3.60. The summed E-state index contributed by atoms with van der Waals surface area (Å²) in [4.78, 5) is 0. The molecule has 1 aromatic heterocycles. The van der Waals surface area contributed by atoms with Crippen LogP contribution in [-0.2, 0) is 4.74 Å². The van der Waals surface area contributed by atoms with E-state index in [0.717, 1.165) is 16.7 Å². The molecule has 1 aromatic carbocycles. The molecule has 1 fully saturated rings. The molecule has 3 nitrogen and oxygen atoms in total. The summed E-state index contributed by atoms with van der Waals surface area (Å²) >= 11 is 0. The molecule has 1 aliphatic carbocycles. The van der Waals surface area contributed by atoms with E-state index >= 15 is 0 Å². The van der Waals surface area contributed by atoms with Gasteiger partial charge in [-0.15, -0.1) is 0 Å². The van der Waals surface area contributed by atoms with Gasteiger partial charge in [-0.2, -0.15) is 0 Å². The fourth-order valence-corrected chi connectivity index (χ4v) is 3.60. The minimum absolute atomic E-state index is 0.0481. The molecule has 114 valence electrons. The van der Waals surface area contributed by atoms with Gasteiger partial charge in [-0.1, -0.05) is 30.9 Å². The van der Waals surface area contributed by atoms with Crippen molar-refractivity contribution >= 4 is 11.0 Å². The number of nitrogens with two attached hydrogens (primary N) is 1. The summed E-state index contributed by atoms with van der Waals surface area (Å²) in [7, 11) is 1.77. The molecule has 2 unspecified atom stereocenters. The highest BCUT2D eigenvalue weighted by molar-refractivity contribution is 5.78. The number of hydrogen-bond acceptors (Lipinski definition) is 3. The Kier molecular flexibility index (Phi) is 4.32. The molecule has 0 aliphatic heterocycles. The summed E-state index contributed by atoms with van der Waals surface area (Å²) in [6.07, 6.45) is 6.39. The zero-order valence-electron chi connectivity index (χ0n) is 13.0. The Hall–Kier alpha value is -1.32. The van der Waals surface area contributed by atoms with Gasteiger partial charge < -0.3 is 14.9 Å². The molecule has 3 heteroatoms. The van der Waals surface area contributed by atoms with Crippen LogP contribution >= 0.6 is 0 Å². The van der Waals surface area contributed by atoms with Gasteiger partial charge >= 0.3 is 0 Å². The molecule has 2 atom stereocenters. The summed E-state index contributed by atoms with van der Waals surface area (Å²) in [6, 6.07) is 8.10. The average Bonchev–Trinajstić information content (AvgIpc) is 2.92. The van der Waals surface area contributed by atoms with E-state index in [4.69, 9.17) is 14.9 Å². The van der Waals surface area contributed by atoms with Crippen molar-refractivity contribution in [1.82, 2.24) is 0 Å². The van der Waals surface area contributed by atoms with Crippen molar-refractivity contribution in [2.45, 2.75) is 51.2 Å². The Morgan fingerprint density at radius 3 is 2.67 bits per heavy atom. The van der Waals surface area contributed by atoms with Gasteiger partial charge in [-0.3, -0.25) is 0 Å². The zero-order chi connectivity index (χ0) is 14.8. The van der Waals surface area contributed by atoms with Gasteiger partial charge in [0.2, 0.25) is 0 Å². The van der Waals surface area contributed by atoms with Crippen molar-refractivity contribution in [3.8, 4) is 0 Å². The van der Waals surface area contributed by atoms with E-state index in [1.807, 2.05) is 6.07 Å². The van der Waals surface area contributed by atoms with E-state index < -0.39 is 0 Å². The first-order valence-corrected chi connectivity index (χ1v) is 7.97. The van der Waals surface area contributed by atoms with Crippen molar-refractivity contribution < 1.29 is 9.15 Å². The minimum atomic E-state index is -0.189. The minimum Gasteiger partial charge on any atom is -0.459 e. The SMILES string of the molecule is COC(C1CCCCC1)C(N)c1cc2cc(C)ccc2o1. The number of rotatable bonds is 4. The Morgan fingerprint density at radius 2 is 1.95 bits per heavy atom. The molecule has 0 amide bonds. The van der Waals surface area contributed by atoms with Gasteiger partial charge in [0, 0.05) is 12.5 Å². The van der Waals surface area contributed by atoms with Gasteiger partial charge in [-0.25, -0.2) is 0 Å². The van der Waals surface area contributed by atoms with Crippen molar-refractivity contribution in [2.24, 2.45) is 11.7 Å². The van der Waals surface area contributed by atoms with Crippen LogP contribution in [0.25, 0.3) is 11.0 Å². The van der Waals surface area contributed by atoms with Crippen LogP contribution < -0.4 is 5.73 Å². The van der Waals surface area contributed by atoms with Crippen LogP contribution in [0, 0.1) is 12.8 Å². The third kappa shape index (κ3) is 2.99. The summed E-state index contributed by atoms with van der Waals surface area (Å²) in [5.74, 6) is 1.39. The molecule has 2 N–H and O–H groups in total. The molecule has 2 aromatic rings. The number of furan rings is 1. The van der Waals surface area contributed by atoms with Crippen LogP contribution in [0.2, 0.25) is 0 Å². The van der Waals surface area contributed by atoms with Crippen LogP contribution in [0.3, 0.4) is 0 Å². The number of ether oxygens (including phenoxy) is 1. The smallest absolute Gasteiger partial charge is 0.134 e. The number of fused-ring (bicyclic) bond motifs is 1. The van der Waals surface area contributed by atoms with Crippen molar-refractivity contribution in [2.75, 3.05) is 7.11 Å². The van der Waals surface area contributed by atoms with E-state index in [9.17, 15) is 0 Å². The van der Waals surface area contributed by atoms with Gasteiger partial charge in [-0.05, 0) is 43.9 Å². The first-order valence-electron chi connectivity index (χ1n) is 7.97. The average molecular weight is 287 g/mol. The molecule has 21 heavy (non-hydrogen) atoms. The van der Waals surface area contributed by atoms with Crippen LogP contribution in [0.4, 0.5) is 0 Å². The topological polar surface area (TPSA) is 48.4 Å². The van der Waals surface area contributed by atoms with E-state index in [1.54, 1.807) is 7.11 Å². The lowest BCUT2D eigenvalue weighted by atomic mass is 9.82. The summed E-state index contributed by atoms with van der Waals surface area (Å²) in [5, 5.41) is 1.12. The van der Waals surface area contributed by atoms with Crippen LogP contribution in [-0.4, -0.2) is 13.2 Å². The predicted octanol–water partition coefficient (Wildman–Crippen LogP) is 4.34. The Morgan fingerprint density at radius 1 is 1.19 bits per heavy atom. The molecular weight excluding hydrogens is 262 g/mol. The number of methoxy groups -OCH3 is 1. The molecule has 1 aliphatic rings. The predicted molar refractivity (Wildman–Crippen MR) is 85.3 cm³/mol. The molecule has 1 heterocycles. The Balaban J connectivity index is 1.84. The normalized spacial score (nSPS) is 19.8. The lowest BCUT2D eigenvalue weighted by Crippen LogP contribution is -2.35. The van der Waals surface area contributed by atoms with Crippen LogP contribution in [0.5, 0.6) is 0 Å². The van der Waals surface area contributed by atoms with Gasteiger partial charge in [0.1, 0.15) is 11.3 Å². The third-order valence-electron chi connectivity index (χ3n) is 4.76. The van der Waals surface area contributed by atoms with E-state index in [2.05, 4.69) is 25.1 Å². The molecule has 0 saturated heterocycles. The third-order valence-corrected chi connectivity index (χ3v) is 4.76. The summed E-state index contributed by atoms with van der Waals surface area (Å²) < 4.78 is 11.7. The lowest BCUT2D eigenvalue weighted by molar-refractivity contribution is 0.0129. The molecular formula is C18H25NO2. The van der Waals surface area contributed by atoms with Gasteiger partial charge in [0.05, 0.1) is 12.1 Å². The largest absolute Gasteiger partial charge is 0.459 e. The van der Waals surface area contributed by atoms with Crippen LogP contribution in [0.1, 0.15) is 49.5 Å². The van der Waals surface area contributed by atoms with Crippen molar-refractivity contribution in [3.63, 3.8) is 0 Å². The number of benzene rings is 1. The van der Waals surface area contributed by atoms with Crippen molar-refractivity contribution in [3.05, 3.63) is 35.6 Å². The second-order valence-electron chi connectivity index (χ2n) is 6.31. The van der Waals surface area contributed by atoms with Crippen LogP contribution in [0.15, 0.2) is 28.7 Å². The fraction of sp³-hybridized carbons (Fsp3) is 0.556. The highest BCUT2D eigenvalue weighted by atomic mass is 16.5. The second-order valence-corrected chi connectivity index (χ2v) is 6.31. The number of aryl methyl sites for hydroxylation is 1. The maximum atomic E-state index is 6.46. The zero-order valence-corrected chi connectivity index (χ0v) is 13.0. The quantitative estimate of drug-likeness (QED) is 0.910. The molecule has 3 rings (SSSR count). The number of hydrogen-bond donors (Lipinski definition) is 1.